The summed E-state index contributed by atoms with van der Waals surface area (Å²) in [6.45, 7) is 2.48. The molecule has 0 radical (unpaired) electrons. The minimum atomic E-state index is -0.400. The van der Waals surface area contributed by atoms with Crippen molar-refractivity contribution < 1.29 is 9.90 Å². The molecule has 1 aromatic heterocycles. The van der Waals surface area contributed by atoms with Crippen LogP contribution in [-0.2, 0) is 0 Å². The van der Waals surface area contributed by atoms with Gasteiger partial charge in [0, 0.05) is 18.8 Å². The van der Waals surface area contributed by atoms with Crippen LogP contribution in [0.5, 0.6) is 0 Å². The number of rotatable bonds is 3. The predicted molar refractivity (Wildman–Crippen MR) is 74.2 cm³/mol. The molecule has 2 heterocycles. The van der Waals surface area contributed by atoms with Gasteiger partial charge in [0.2, 0.25) is 0 Å². The third kappa shape index (κ3) is 3.45. The average molecular weight is 283 g/mol. The zero-order chi connectivity index (χ0) is 13.8. The van der Waals surface area contributed by atoms with E-state index >= 15 is 0 Å². The Balaban J connectivity index is 2.18. The molecule has 1 amide bonds. The van der Waals surface area contributed by atoms with E-state index in [-0.39, 0.29) is 17.1 Å². The molecule has 0 unspecified atom stereocenters. The predicted octanol–water partition coefficient (Wildman–Crippen LogP) is 2.50. The molecule has 1 aliphatic rings. The molecule has 1 saturated heterocycles. The van der Waals surface area contributed by atoms with Crippen molar-refractivity contribution in [1.82, 2.24) is 9.88 Å². The smallest absolute Gasteiger partial charge is 0.257 e. The average Bonchev–Trinajstić information content (AvgIpc) is 2.38. The molecule has 0 saturated carbocycles. The first-order valence-corrected chi connectivity index (χ1v) is 7.07. The molecule has 5 heteroatoms. The molecule has 104 valence electrons. The first-order chi connectivity index (χ1) is 9.09. The Hall–Kier alpha value is -1.13. The second kappa shape index (κ2) is 6.35. The van der Waals surface area contributed by atoms with Crippen molar-refractivity contribution >= 4 is 17.5 Å². The molecule has 19 heavy (non-hydrogen) atoms. The van der Waals surface area contributed by atoms with Gasteiger partial charge in [-0.3, -0.25) is 4.79 Å². The van der Waals surface area contributed by atoms with Gasteiger partial charge in [0.05, 0.1) is 11.7 Å². The lowest BCUT2D eigenvalue weighted by atomic mass is 9.96. The summed E-state index contributed by atoms with van der Waals surface area (Å²) in [6, 6.07) is 3.51. The lowest BCUT2D eigenvalue weighted by Gasteiger charge is -2.36. The highest BCUT2D eigenvalue weighted by Crippen LogP contribution is 2.24. The quantitative estimate of drug-likeness (QED) is 0.867. The first-order valence-electron chi connectivity index (χ1n) is 6.69. The van der Waals surface area contributed by atoms with E-state index in [4.69, 9.17) is 11.6 Å². The summed E-state index contributed by atoms with van der Waals surface area (Å²) in [6.07, 6.45) is 4.82. The van der Waals surface area contributed by atoms with E-state index in [0.29, 0.717) is 12.0 Å². The number of pyridine rings is 1. The highest BCUT2D eigenvalue weighted by molar-refractivity contribution is 6.32. The number of aromatic nitrogens is 1. The van der Waals surface area contributed by atoms with Gasteiger partial charge in [-0.15, -0.1) is 0 Å². The highest BCUT2D eigenvalue weighted by Gasteiger charge is 2.29. The van der Waals surface area contributed by atoms with Crippen LogP contribution in [0, 0.1) is 0 Å². The van der Waals surface area contributed by atoms with Crippen LogP contribution >= 0.6 is 11.6 Å². The van der Waals surface area contributed by atoms with Gasteiger partial charge in [-0.25, -0.2) is 4.98 Å². The fraction of sp³-hybridized carbons (Fsp3) is 0.571. The number of amides is 1. The molecule has 1 fully saturated rings. The van der Waals surface area contributed by atoms with Crippen LogP contribution < -0.4 is 0 Å². The SMILES string of the molecule is C[C@@H](O)C[C@@H]1CCCCN1C(=O)c1cccnc1Cl. The number of likely N-dealkylation sites (tertiary alicyclic amines) is 1. The molecule has 4 nitrogen and oxygen atoms in total. The maximum atomic E-state index is 12.5. The summed E-state index contributed by atoms with van der Waals surface area (Å²) >= 11 is 5.98. The van der Waals surface area contributed by atoms with E-state index in [1.54, 1.807) is 25.3 Å². The zero-order valence-corrected chi connectivity index (χ0v) is 11.8. The Morgan fingerprint density at radius 3 is 3.11 bits per heavy atom. The number of nitrogens with zero attached hydrogens (tertiary/aromatic N) is 2. The van der Waals surface area contributed by atoms with Gasteiger partial charge in [-0.05, 0) is 44.7 Å². The second-order valence-corrected chi connectivity index (χ2v) is 5.43. The summed E-state index contributed by atoms with van der Waals surface area (Å²) < 4.78 is 0. The fourth-order valence-corrected chi connectivity index (χ4v) is 2.81. The van der Waals surface area contributed by atoms with Gasteiger partial charge in [-0.1, -0.05) is 11.6 Å². The van der Waals surface area contributed by atoms with Crippen molar-refractivity contribution in [3.63, 3.8) is 0 Å². The fourth-order valence-electron chi connectivity index (χ4n) is 2.61. The molecule has 1 N–H and O–H groups in total. The van der Waals surface area contributed by atoms with Gasteiger partial charge in [0.15, 0.2) is 0 Å². The maximum Gasteiger partial charge on any atom is 0.257 e. The normalized spacial score (nSPS) is 21.2. The van der Waals surface area contributed by atoms with E-state index < -0.39 is 6.10 Å². The molecule has 1 aromatic rings. The van der Waals surface area contributed by atoms with Crippen molar-refractivity contribution in [1.29, 1.82) is 0 Å². The Bertz CT molecular complexity index is 451. The minimum Gasteiger partial charge on any atom is -0.393 e. The number of carbonyl (C=O) groups excluding carboxylic acids is 1. The first kappa shape index (κ1) is 14.3. The van der Waals surface area contributed by atoms with E-state index in [2.05, 4.69) is 4.98 Å². The molecule has 0 bridgehead atoms. The van der Waals surface area contributed by atoms with E-state index in [9.17, 15) is 9.90 Å². The van der Waals surface area contributed by atoms with Crippen LogP contribution in [0.2, 0.25) is 5.15 Å². The van der Waals surface area contributed by atoms with Gasteiger partial charge in [0.25, 0.3) is 5.91 Å². The van der Waals surface area contributed by atoms with Crippen molar-refractivity contribution in [2.75, 3.05) is 6.54 Å². The Morgan fingerprint density at radius 2 is 2.42 bits per heavy atom. The Kier molecular flexibility index (Phi) is 4.77. The minimum absolute atomic E-state index is 0.0801. The Labute approximate surface area is 118 Å². The molecule has 2 atom stereocenters. The highest BCUT2D eigenvalue weighted by atomic mass is 35.5. The van der Waals surface area contributed by atoms with Gasteiger partial charge in [0.1, 0.15) is 5.15 Å². The molecular formula is C14H19ClN2O2. The van der Waals surface area contributed by atoms with Gasteiger partial charge in [-0.2, -0.15) is 0 Å². The van der Waals surface area contributed by atoms with E-state index in [1.807, 2.05) is 4.90 Å². The number of aliphatic hydroxyl groups excluding tert-OH is 1. The molecule has 0 aromatic carbocycles. The standard InChI is InChI=1S/C14H19ClN2O2/c1-10(18)9-11-5-2-3-8-17(11)14(19)12-6-4-7-16-13(12)15/h4,6-7,10-11,18H,2-3,5,8-9H2,1H3/t10-,11+/m1/s1. The summed E-state index contributed by atoms with van der Waals surface area (Å²) in [5.41, 5.74) is 0.446. The van der Waals surface area contributed by atoms with Crippen LogP contribution in [0.25, 0.3) is 0 Å². The third-order valence-electron chi connectivity index (χ3n) is 3.49. The third-order valence-corrected chi connectivity index (χ3v) is 3.79. The summed E-state index contributed by atoms with van der Waals surface area (Å²) in [7, 11) is 0. The van der Waals surface area contributed by atoms with E-state index in [0.717, 1.165) is 25.8 Å². The van der Waals surface area contributed by atoms with Crippen molar-refractivity contribution in [3.8, 4) is 0 Å². The van der Waals surface area contributed by atoms with E-state index in [1.165, 1.54) is 0 Å². The topological polar surface area (TPSA) is 53.4 Å². The molecule has 2 rings (SSSR count). The number of hydrogen-bond acceptors (Lipinski definition) is 3. The number of halogens is 1. The monoisotopic (exact) mass is 282 g/mol. The zero-order valence-electron chi connectivity index (χ0n) is 11.1. The van der Waals surface area contributed by atoms with Crippen molar-refractivity contribution in [3.05, 3.63) is 29.0 Å². The number of aliphatic hydroxyl groups is 1. The summed E-state index contributed by atoms with van der Waals surface area (Å²) in [4.78, 5) is 18.3. The number of piperidine rings is 1. The number of hydrogen-bond donors (Lipinski definition) is 1. The van der Waals surface area contributed by atoms with Crippen LogP contribution in [-0.4, -0.2) is 39.6 Å². The molecule has 1 aliphatic heterocycles. The molecule has 0 spiro atoms. The summed E-state index contributed by atoms with van der Waals surface area (Å²) in [5.74, 6) is -0.0801. The van der Waals surface area contributed by atoms with Crippen LogP contribution in [0.4, 0.5) is 0 Å². The second-order valence-electron chi connectivity index (χ2n) is 5.07. The molecule has 0 aliphatic carbocycles. The maximum absolute atomic E-state index is 12.5. The number of carbonyl (C=O) groups is 1. The van der Waals surface area contributed by atoms with Crippen molar-refractivity contribution in [2.24, 2.45) is 0 Å². The van der Waals surface area contributed by atoms with Gasteiger partial charge >= 0.3 is 0 Å². The van der Waals surface area contributed by atoms with Crippen LogP contribution in [0.15, 0.2) is 18.3 Å². The lowest BCUT2D eigenvalue weighted by Crippen LogP contribution is -2.45. The Morgan fingerprint density at radius 1 is 1.63 bits per heavy atom. The van der Waals surface area contributed by atoms with Crippen LogP contribution in [0.3, 0.4) is 0 Å². The largest absolute Gasteiger partial charge is 0.393 e. The van der Waals surface area contributed by atoms with Gasteiger partial charge < -0.3 is 10.0 Å². The van der Waals surface area contributed by atoms with Crippen molar-refractivity contribution in [2.45, 2.75) is 44.8 Å². The molecular weight excluding hydrogens is 264 g/mol. The summed E-state index contributed by atoms with van der Waals surface area (Å²) in [5, 5.41) is 9.80. The van der Waals surface area contributed by atoms with Crippen LogP contribution in [0.1, 0.15) is 43.0 Å². The lowest BCUT2D eigenvalue weighted by molar-refractivity contribution is 0.0515.